The average Bonchev–Trinajstić information content (AvgIpc) is 3.26. The van der Waals surface area contributed by atoms with E-state index in [0.717, 1.165) is 47.6 Å². The summed E-state index contributed by atoms with van der Waals surface area (Å²) in [5, 5.41) is 3.33. The fourth-order valence-electron chi connectivity index (χ4n) is 3.99. The van der Waals surface area contributed by atoms with E-state index in [0.29, 0.717) is 25.2 Å². The third-order valence-electron chi connectivity index (χ3n) is 5.54. The predicted octanol–water partition coefficient (Wildman–Crippen LogP) is 3.94. The van der Waals surface area contributed by atoms with E-state index in [4.69, 9.17) is 19.9 Å². The van der Waals surface area contributed by atoms with Crippen LogP contribution in [-0.2, 0) is 6.54 Å². The maximum Gasteiger partial charge on any atom is 0.189 e. The largest absolute Gasteiger partial charge is 0.493 e. The summed E-state index contributed by atoms with van der Waals surface area (Å²) >= 11 is 0. The highest BCUT2D eigenvalue weighted by molar-refractivity contribution is 5.78. The normalized spacial score (nSPS) is 19.3. The minimum atomic E-state index is 0.112. The van der Waals surface area contributed by atoms with Crippen LogP contribution in [0, 0.1) is 0 Å². The monoisotopic (exact) mass is 395 g/mol. The quantitative estimate of drug-likeness (QED) is 0.572. The first-order valence-corrected chi connectivity index (χ1v) is 10.3. The molecule has 3 N–H and O–H groups in total. The lowest BCUT2D eigenvalue weighted by Gasteiger charge is -2.26. The molecule has 2 aromatic rings. The number of guanidine groups is 1. The van der Waals surface area contributed by atoms with Gasteiger partial charge in [-0.25, -0.2) is 4.99 Å². The number of nitrogens with zero attached hydrogens (tertiary/aromatic N) is 1. The summed E-state index contributed by atoms with van der Waals surface area (Å²) in [6.07, 6.45) is 5.87. The van der Waals surface area contributed by atoms with Crippen LogP contribution in [-0.4, -0.2) is 25.8 Å². The van der Waals surface area contributed by atoms with Crippen molar-refractivity contribution >= 4 is 5.96 Å². The number of benzene rings is 2. The van der Waals surface area contributed by atoms with Crippen molar-refractivity contribution < 1.29 is 14.2 Å². The first kappa shape index (κ1) is 19.4. The van der Waals surface area contributed by atoms with E-state index in [1.54, 1.807) is 7.11 Å². The summed E-state index contributed by atoms with van der Waals surface area (Å²) in [7, 11) is 1.67. The molecular formula is C23H29N3O3. The van der Waals surface area contributed by atoms with Crippen LogP contribution >= 0.6 is 0 Å². The van der Waals surface area contributed by atoms with Crippen LogP contribution < -0.4 is 25.3 Å². The van der Waals surface area contributed by atoms with Crippen molar-refractivity contribution in [3.8, 4) is 17.2 Å². The molecule has 1 aliphatic carbocycles. The van der Waals surface area contributed by atoms with Crippen molar-refractivity contribution in [2.45, 2.75) is 50.8 Å². The smallest absolute Gasteiger partial charge is 0.189 e. The van der Waals surface area contributed by atoms with Crippen molar-refractivity contribution in [3.63, 3.8) is 0 Å². The minimum Gasteiger partial charge on any atom is -0.493 e. The molecule has 1 aliphatic heterocycles. The Morgan fingerprint density at radius 1 is 1.14 bits per heavy atom. The second kappa shape index (κ2) is 9.07. The topological polar surface area (TPSA) is 78.1 Å². The average molecular weight is 396 g/mol. The maximum absolute atomic E-state index is 6.16. The van der Waals surface area contributed by atoms with E-state index >= 15 is 0 Å². The molecule has 0 radical (unpaired) electrons. The molecule has 0 amide bonds. The van der Waals surface area contributed by atoms with E-state index in [1.807, 2.05) is 36.4 Å². The zero-order valence-electron chi connectivity index (χ0n) is 16.9. The zero-order valence-corrected chi connectivity index (χ0v) is 16.9. The molecule has 0 saturated heterocycles. The fourth-order valence-corrected chi connectivity index (χ4v) is 3.99. The Hall–Kier alpha value is -2.89. The van der Waals surface area contributed by atoms with Crippen LogP contribution in [0.3, 0.4) is 0 Å². The lowest BCUT2D eigenvalue weighted by atomic mass is 10.0. The van der Waals surface area contributed by atoms with Crippen molar-refractivity contribution in [2.24, 2.45) is 10.7 Å². The first-order chi connectivity index (χ1) is 14.2. The van der Waals surface area contributed by atoms with Gasteiger partial charge in [0.25, 0.3) is 0 Å². The maximum atomic E-state index is 6.16. The number of aliphatic imine (C=N–C) groups is 1. The Bertz CT molecular complexity index is 862. The molecule has 0 aromatic heterocycles. The van der Waals surface area contributed by atoms with Crippen molar-refractivity contribution in [3.05, 3.63) is 53.6 Å². The number of rotatable bonds is 6. The van der Waals surface area contributed by atoms with Crippen molar-refractivity contribution in [1.29, 1.82) is 0 Å². The SMILES string of the molecule is COc1cc(CN=C(N)NC2CCOc3ccccc32)ccc1OC1CCCC1. The van der Waals surface area contributed by atoms with E-state index in [1.165, 1.54) is 12.8 Å². The minimum absolute atomic E-state index is 0.112. The number of nitrogens with two attached hydrogens (primary N) is 1. The molecule has 6 nitrogen and oxygen atoms in total. The summed E-state index contributed by atoms with van der Waals surface area (Å²) in [6, 6.07) is 14.1. The second-order valence-corrected chi connectivity index (χ2v) is 7.58. The molecule has 0 spiro atoms. The van der Waals surface area contributed by atoms with E-state index in [2.05, 4.69) is 16.4 Å². The third-order valence-corrected chi connectivity index (χ3v) is 5.54. The van der Waals surface area contributed by atoms with Crippen molar-refractivity contribution in [1.82, 2.24) is 5.32 Å². The lowest BCUT2D eigenvalue weighted by Crippen LogP contribution is -2.37. The van der Waals surface area contributed by atoms with Crippen LogP contribution in [0.15, 0.2) is 47.5 Å². The second-order valence-electron chi connectivity index (χ2n) is 7.58. The summed E-state index contributed by atoms with van der Waals surface area (Å²) in [4.78, 5) is 4.52. The number of fused-ring (bicyclic) bond motifs is 1. The van der Waals surface area contributed by atoms with Crippen LogP contribution in [0.2, 0.25) is 0 Å². The molecule has 0 bridgehead atoms. The van der Waals surface area contributed by atoms with Gasteiger partial charge in [0, 0.05) is 12.0 Å². The molecule has 1 unspecified atom stereocenters. The van der Waals surface area contributed by atoms with Gasteiger partial charge < -0.3 is 25.3 Å². The highest BCUT2D eigenvalue weighted by Crippen LogP contribution is 2.33. The summed E-state index contributed by atoms with van der Waals surface area (Å²) < 4.78 is 17.3. The molecule has 29 heavy (non-hydrogen) atoms. The fraction of sp³-hybridized carbons (Fsp3) is 0.435. The van der Waals surface area contributed by atoms with Crippen molar-refractivity contribution in [2.75, 3.05) is 13.7 Å². The molecule has 1 fully saturated rings. The number of hydrogen-bond acceptors (Lipinski definition) is 4. The predicted molar refractivity (Wildman–Crippen MR) is 114 cm³/mol. The first-order valence-electron chi connectivity index (χ1n) is 10.3. The van der Waals surface area contributed by atoms with Crippen LogP contribution in [0.5, 0.6) is 17.2 Å². The van der Waals surface area contributed by atoms with E-state index < -0.39 is 0 Å². The standard InChI is InChI=1S/C23H29N3O3/c1-27-22-14-16(10-11-21(22)29-17-6-2-3-7-17)15-25-23(24)26-19-12-13-28-20-9-5-4-8-18(19)20/h4-5,8-11,14,17,19H,2-3,6-7,12-13,15H2,1H3,(H3,24,25,26). The Balaban J connectivity index is 1.39. The molecule has 1 saturated carbocycles. The molecule has 6 heteroatoms. The zero-order chi connectivity index (χ0) is 20.1. The van der Waals surface area contributed by atoms with Gasteiger partial charge in [-0.05, 0) is 49.4 Å². The number of methoxy groups -OCH3 is 1. The summed E-state index contributed by atoms with van der Waals surface area (Å²) in [6.45, 7) is 1.14. The van der Waals surface area contributed by atoms with Crippen LogP contribution in [0.1, 0.15) is 49.3 Å². The molecule has 2 aromatic carbocycles. The molecule has 1 heterocycles. The number of ether oxygens (including phenoxy) is 3. The van der Waals surface area contributed by atoms with Gasteiger partial charge >= 0.3 is 0 Å². The van der Waals surface area contributed by atoms with Crippen LogP contribution in [0.4, 0.5) is 0 Å². The van der Waals surface area contributed by atoms with Gasteiger partial charge in [-0.15, -0.1) is 0 Å². The molecule has 2 aliphatic rings. The lowest BCUT2D eigenvalue weighted by molar-refractivity contribution is 0.200. The van der Waals surface area contributed by atoms with Gasteiger partial charge in [0.05, 0.1) is 32.4 Å². The van der Waals surface area contributed by atoms with Crippen LogP contribution in [0.25, 0.3) is 0 Å². The van der Waals surface area contributed by atoms with Gasteiger partial charge in [0.2, 0.25) is 0 Å². The summed E-state index contributed by atoms with van der Waals surface area (Å²) in [5.74, 6) is 2.88. The Labute approximate surface area is 172 Å². The van der Waals surface area contributed by atoms with Gasteiger partial charge in [-0.3, -0.25) is 0 Å². The molecule has 4 rings (SSSR count). The van der Waals surface area contributed by atoms with Gasteiger partial charge in [-0.2, -0.15) is 0 Å². The number of hydrogen-bond donors (Lipinski definition) is 2. The Morgan fingerprint density at radius 3 is 2.79 bits per heavy atom. The highest BCUT2D eigenvalue weighted by atomic mass is 16.5. The van der Waals surface area contributed by atoms with Gasteiger partial charge in [0.15, 0.2) is 17.5 Å². The van der Waals surface area contributed by atoms with Gasteiger partial charge in [0.1, 0.15) is 5.75 Å². The van der Waals surface area contributed by atoms with Gasteiger partial charge in [-0.1, -0.05) is 24.3 Å². The highest BCUT2D eigenvalue weighted by Gasteiger charge is 2.21. The van der Waals surface area contributed by atoms with E-state index in [-0.39, 0.29) is 6.04 Å². The van der Waals surface area contributed by atoms with E-state index in [9.17, 15) is 0 Å². The molecular weight excluding hydrogens is 366 g/mol. The molecule has 1 atom stereocenters. The Morgan fingerprint density at radius 2 is 1.97 bits per heavy atom. The summed E-state index contributed by atoms with van der Waals surface area (Å²) in [5.41, 5.74) is 8.30. The Kier molecular flexibility index (Phi) is 6.08. The number of para-hydroxylation sites is 1. The molecule has 154 valence electrons. The third kappa shape index (κ3) is 4.75. The number of nitrogens with one attached hydrogen (secondary N) is 1.